The molecule has 1 heterocycles. The first-order valence-electron chi connectivity index (χ1n) is 6.72. The first-order valence-corrected chi connectivity index (χ1v) is 6.72. The number of carbonyl (C=O) groups excluding carboxylic acids is 1. The number of hydrogen-bond acceptors (Lipinski definition) is 4. The normalized spacial score (nSPS) is 13.8. The minimum Gasteiger partial charge on any atom is -0.508 e. The third-order valence-electron chi connectivity index (χ3n) is 3.59. The second kappa shape index (κ2) is 5.01. The van der Waals surface area contributed by atoms with Crippen molar-refractivity contribution in [3.05, 3.63) is 47.5 Å². The summed E-state index contributed by atoms with van der Waals surface area (Å²) in [4.78, 5) is 14.1. The van der Waals surface area contributed by atoms with Crippen LogP contribution in [0.15, 0.2) is 36.4 Å². The maximum absolute atomic E-state index is 12.6. The number of benzene rings is 2. The van der Waals surface area contributed by atoms with E-state index in [1.54, 1.807) is 12.1 Å². The number of hydrogen-bond donors (Lipinski definition) is 3. The zero-order valence-corrected chi connectivity index (χ0v) is 11.3. The molecular formula is C16H15NO4. The Hall–Kier alpha value is -2.69. The number of phenols is 3. The van der Waals surface area contributed by atoms with E-state index in [-0.39, 0.29) is 28.7 Å². The van der Waals surface area contributed by atoms with Gasteiger partial charge in [0.05, 0.1) is 5.69 Å². The predicted octanol–water partition coefficient (Wildman–Crippen LogP) is 2.40. The summed E-state index contributed by atoms with van der Waals surface area (Å²) < 4.78 is 0. The molecule has 0 saturated carbocycles. The Balaban J connectivity index is 2.04. The third kappa shape index (κ3) is 2.38. The summed E-state index contributed by atoms with van der Waals surface area (Å²) in [5, 5.41) is 29.1. The van der Waals surface area contributed by atoms with Crippen LogP contribution < -0.4 is 4.90 Å². The summed E-state index contributed by atoms with van der Waals surface area (Å²) in [6, 6.07) is 8.95. The van der Waals surface area contributed by atoms with Gasteiger partial charge in [-0.25, -0.2) is 0 Å². The topological polar surface area (TPSA) is 81.0 Å². The monoisotopic (exact) mass is 285 g/mol. The molecular weight excluding hydrogens is 270 g/mol. The fraction of sp³-hybridized carbons (Fsp3) is 0.188. The van der Waals surface area contributed by atoms with Gasteiger partial charge in [-0.15, -0.1) is 0 Å². The molecule has 0 spiro atoms. The van der Waals surface area contributed by atoms with E-state index in [4.69, 9.17) is 0 Å². The summed E-state index contributed by atoms with van der Waals surface area (Å²) in [6.45, 7) is 0.486. The van der Waals surface area contributed by atoms with Gasteiger partial charge < -0.3 is 20.2 Å². The van der Waals surface area contributed by atoms with E-state index in [1.165, 1.54) is 23.1 Å². The van der Waals surface area contributed by atoms with Gasteiger partial charge in [0.15, 0.2) is 0 Å². The molecule has 0 fully saturated rings. The molecule has 108 valence electrons. The summed E-state index contributed by atoms with van der Waals surface area (Å²) in [6.07, 6.45) is 1.60. The molecule has 0 bridgehead atoms. The Morgan fingerprint density at radius 3 is 2.48 bits per heavy atom. The van der Waals surface area contributed by atoms with Crippen molar-refractivity contribution in [3.8, 4) is 17.2 Å². The molecule has 21 heavy (non-hydrogen) atoms. The number of anilines is 1. The van der Waals surface area contributed by atoms with E-state index in [1.807, 2.05) is 6.07 Å². The van der Waals surface area contributed by atoms with Crippen LogP contribution in [-0.2, 0) is 6.42 Å². The molecule has 2 aromatic carbocycles. The van der Waals surface area contributed by atoms with Crippen LogP contribution in [-0.4, -0.2) is 27.8 Å². The maximum Gasteiger partial charge on any atom is 0.258 e. The Kier molecular flexibility index (Phi) is 3.17. The molecule has 1 aliphatic heterocycles. The van der Waals surface area contributed by atoms with Gasteiger partial charge in [-0.3, -0.25) is 4.79 Å². The summed E-state index contributed by atoms with van der Waals surface area (Å²) in [5.74, 6) is -0.644. The molecule has 1 aliphatic rings. The molecule has 3 rings (SSSR count). The average molecular weight is 285 g/mol. The first kappa shape index (κ1) is 13.3. The van der Waals surface area contributed by atoms with Gasteiger partial charge in [0.1, 0.15) is 17.2 Å². The van der Waals surface area contributed by atoms with Crippen molar-refractivity contribution >= 4 is 11.6 Å². The standard InChI is InChI=1S/C16H15NO4/c18-12-7-11(8-13(19)9-12)16(21)17-6-2-4-10-3-1-5-14(20)15(10)17/h1,3,5,7-9,18-20H,2,4,6H2. The van der Waals surface area contributed by atoms with Gasteiger partial charge >= 0.3 is 0 Å². The van der Waals surface area contributed by atoms with Crippen molar-refractivity contribution in [3.63, 3.8) is 0 Å². The smallest absolute Gasteiger partial charge is 0.258 e. The minimum absolute atomic E-state index is 0.0601. The summed E-state index contributed by atoms with van der Waals surface area (Å²) >= 11 is 0. The van der Waals surface area contributed by atoms with Crippen LogP contribution in [0, 0.1) is 0 Å². The highest BCUT2D eigenvalue weighted by Gasteiger charge is 2.26. The van der Waals surface area contributed by atoms with E-state index in [0.717, 1.165) is 18.4 Å². The molecule has 5 heteroatoms. The maximum atomic E-state index is 12.6. The number of aryl methyl sites for hydroxylation is 1. The van der Waals surface area contributed by atoms with E-state index >= 15 is 0 Å². The van der Waals surface area contributed by atoms with Crippen LogP contribution in [0.2, 0.25) is 0 Å². The molecule has 1 amide bonds. The Morgan fingerprint density at radius 1 is 1.05 bits per heavy atom. The van der Waals surface area contributed by atoms with Crippen LogP contribution >= 0.6 is 0 Å². The molecule has 0 aliphatic carbocycles. The molecule has 3 N–H and O–H groups in total. The number of phenolic OH excluding ortho intramolecular Hbond substituents is 3. The second-order valence-electron chi connectivity index (χ2n) is 5.08. The quantitative estimate of drug-likeness (QED) is 0.751. The lowest BCUT2D eigenvalue weighted by Gasteiger charge is -2.30. The van der Waals surface area contributed by atoms with Crippen LogP contribution in [0.25, 0.3) is 0 Å². The number of aromatic hydroxyl groups is 3. The van der Waals surface area contributed by atoms with Gasteiger partial charge in [-0.05, 0) is 36.6 Å². The van der Waals surface area contributed by atoms with Crippen molar-refractivity contribution in [1.29, 1.82) is 0 Å². The minimum atomic E-state index is -0.358. The number of para-hydroxylation sites is 1. The van der Waals surface area contributed by atoms with Gasteiger partial charge in [0, 0.05) is 18.2 Å². The summed E-state index contributed by atoms with van der Waals surface area (Å²) in [5.41, 5.74) is 1.61. The molecule has 0 atom stereocenters. The third-order valence-corrected chi connectivity index (χ3v) is 3.59. The van der Waals surface area contributed by atoms with Crippen LogP contribution in [0.1, 0.15) is 22.3 Å². The molecule has 0 aromatic heterocycles. The highest BCUT2D eigenvalue weighted by molar-refractivity contribution is 6.08. The Labute approximate surface area is 121 Å². The fourth-order valence-corrected chi connectivity index (χ4v) is 2.71. The lowest BCUT2D eigenvalue weighted by molar-refractivity contribution is 0.0983. The molecule has 0 unspecified atom stereocenters. The van der Waals surface area contributed by atoms with Crippen molar-refractivity contribution in [2.75, 3.05) is 11.4 Å². The SMILES string of the molecule is O=C(c1cc(O)cc(O)c1)N1CCCc2cccc(O)c21. The molecule has 2 aromatic rings. The zero-order valence-electron chi connectivity index (χ0n) is 11.3. The van der Waals surface area contributed by atoms with Crippen LogP contribution in [0.4, 0.5) is 5.69 Å². The van der Waals surface area contributed by atoms with Gasteiger partial charge in [0.25, 0.3) is 5.91 Å². The lowest BCUT2D eigenvalue weighted by atomic mass is 10.00. The molecule has 0 radical (unpaired) electrons. The lowest BCUT2D eigenvalue weighted by Crippen LogP contribution is -2.35. The van der Waals surface area contributed by atoms with Crippen molar-refractivity contribution < 1.29 is 20.1 Å². The average Bonchev–Trinajstić information content (AvgIpc) is 2.45. The van der Waals surface area contributed by atoms with Crippen LogP contribution in [0.3, 0.4) is 0 Å². The van der Waals surface area contributed by atoms with Crippen molar-refractivity contribution in [2.24, 2.45) is 0 Å². The zero-order chi connectivity index (χ0) is 15.0. The molecule has 0 saturated heterocycles. The number of rotatable bonds is 1. The van der Waals surface area contributed by atoms with E-state index < -0.39 is 0 Å². The van der Waals surface area contributed by atoms with Crippen molar-refractivity contribution in [2.45, 2.75) is 12.8 Å². The highest BCUT2D eigenvalue weighted by atomic mass is 16.3. The second-order valence-corrected chi connectivity index (χ2v) is 5.08. The van der Waals surface area contributed by atoms with E-state index in [0.29, 0.717) is 12.2 Å². The Bertz CT molecular complexity index is 691. The predicted molar refractivity (Wildman–Crippen MR) is 77.9 cm³/mol. The molecule has 5 nitrogen and oxygen atoms in total. The number of nitrogens with zero attached hydrogens (tertiary/aromatic N) is 1. The summed E-state index contributed by atoms with van der Waals surface area (Å²) in [7, 11) is 0. The number of amides is 1. The van der Waals surface area contributed by atoms with Gasteiger partial charge in [-0.2, -0.15) is 0 Å². The van der Waals surface area contributed by atoms with Crippen LogP contribution in [0.5, 0.6) is 17.2 Å². The van der Waals surface area contributed by atoms with Crippen molar-refractivity contribution in [1.82, 2.24) is 0 Å². The largest absolute Gasteiger partial charge is 0.508 e. The Morgan fingerprint density at radius 2 is 1.76 bits per heavy atom. The van der Waals surface area contributed by atoms with E-state index in [9.17, 15) is 20.1 Å². The van der Waals surface area contributed by atoms with E-state index in [2.05, 4.69) is 0 Å². The number of fused-ring (bicyclic) bond motifs is 1. The van der Waals surface area contributed by atoms with Gasteiger partial charge in [-0.1, -0.05) is 12.1 Å². The fourth-order valence-electron chi connectivity index (χ4n) is 2.71. The highest BCUT2D eigenvalue weighted by Crippen LogP contribution is 2.36. The van der Waals surface area contributed by atoms with Gasteiger partial charge in [0.2, 0.25) is 0 Å². The first-order chi connectivity index (χ1) is 10.1. The number of carbonyl (C=O) groups is 1.